The Balaban J connectivity index is 0. The van der Waals surface area contributed by atoms with Crippen molar-refractivity contribution >= 4 is 15.6 Å². The second-order valence-corrected chi connectivity index (χ2v) is 8.94. The van der Waals surface area contributed by atoms with Gasteiger partial charge in [-0.1, -0.05) is 0 Å². The Bertz CT molecular complexity index is 648. The molecule has 0 radical (unpaired) electrons. The van der Waals surface area contributed by atoms with Crippen LogP contribution in [0.25, 0.3) is 0 Å². The predicted octanol–water partition coefficient (Wildman–Crippen LogP) is -14.4. The van der Waals surface area contributed by atoms with Crippen molar-refractivity contribution in [3.05, 3.63) is 0 Å². The van der Waals surface area contributed by atoms with Gasteiger partial charge in [-0.3, -0.25) is 13.8 Å². The van der Waals surface area contributed by atoms with E-state index in [4.69, 9.17) is 9.47 Å². The van der Waals surface area contributed by atoms with Gasteiger partial charge in [-0.25, -0.2) is 4.90 Å². The molecular weight excluding hydrogens is 499 g/mol. The number of hydrogen-bond donors (Lipinski definition) is 4. The number of hydrogen-bond acceptors (Lipinski definition) is 15. The van der Waals surface area contributed by atoms with Gasteiger partial charge in [0.25, 0.3) is 7.82 Å². The maximum absolute atomic E-state index is 11.3. The molecule has 0 bridgehead atoms. The second-order valence-electron chi connectivity index (χ2n) is 6.24. The quantitative estimate of drug-likeness (QED) is 0.180. The van der Waals surface area contributed by atoms with Crippen molar-refractivity contribution in [2.24, 2.45) is 0 Å². The Morgan fingerprint density at radius 2 is 1.61 bits per heavy atom. The first kappa shape index (κ1) is 36.1. The van der Waals surface area contributed by atoms with Crippen molar-refractivity contribution in [2.75, 3.05) is 27.3 Å². The summed E-state index contributed by atoms with van der Waals surface area (Å²) in [6, 6.07) is 0. The molecule has 2 aliphatic rings. The van der Waals surface area contributed by atoms with Gasteiger partial charge < -0.3 is 53.7 Å². The number of aliphatic hydroxyl groups is 4. The third-order valence-electron chi connectivity index (χ3n) is 4.30. The van der Waals surface area contributed by atoms with Crippen molar-refractivity contribution in [3.8, 4) is 0 Å². The van der Waals surface area contributed by atoms with Crippen LogP contribution < -0.4 is 103 Å². The number of ether oxygens (including phenoxy) is 2. The number of phosphoric ester groups is 1. The zero-order valence-corrected chi connectivity index (χ0v) is 25.5. The summed E-state index contributed by atoms with van der Waals surface area (Å²) < 4.78 is 39.5. The first-order chi connectivity index (χ1) is 12.8. The van der Waals surface area contributed by atoms with E-state index in [2.05, 4.69) is 8.83 Å². The molecule has 0 spiro atoms. The normalized spacial score (nSPS) is 36.6. The average molecular weight is 520 g/mol. The maximum atomic E-state index is 11.3. The van der Waals surface area contributed by atoms with Crippen molar-refractivity contribution in [2.45, 2.75) is 43.2 Å². The summed E-state index contributed by atoms with van der Waals surface area (Å²) in [5, 5.41) is 40.9. The van der Waals surface area contributed by atoms with Crippen LogP contribution in [-0.4, -0.2) is 101 Å². The molecule has 2 rings (SSSR count). The van der Waals surface area contributed by atoms with Crippen LogP contribution in [0.1, 0.15) is 0 Å². The third kappa shape index (κ3) is 9.73. The fourth-order valence-corrected chi connectivity index (χ4v) is 4.43. The molecule has 2 heterocycles. The summed E-state index contributed by atoms with van der Waals surface area (Å²) in [7, 11) is -8.66. The SMILES string of the molecule is COC1CN(C)C(O)N(C2OC(COP(=O)([O-])OP(=O)([O-])[O-])C(O)C2O)C1O.[Na+].[Na+].[Na+]. The molecule has 166 valence electrons. The van der Waals surface area contributed by atoms with Gasteiger partial charge >= 0.3 is 88.7 Å². The Kier molecular flexibility index (Phi) is 17.0. The van der Waals surface area contributed by atoms with Crippen molar-refractivity contribution in [1.29, 1.82) is 0 Å². The molecule has 0 aromatic heterocycles. The summed E-state index contributed by atoms with van der Waals surface area (Å²) in [4.78, 5) is 34.3. The van der Waals surface area contributed by atoms with Gasteiger partial charge in [0.1, 0.15) is 36.9 Å². The van der Waals surface area contributed by atoms with E-state index in [1.165, 1.54) is 19.1 Å². The Labute approximate surface area is 244 Å². The molecular formula is C11H21N2Na3O13P2. The molecule has 8 unspecified atom stereocenters. The summed E-state index contributed by atoms with van der Waals surface area (Å²) in [6.07, 6.45) is -10.2. The molecule has 2 saturated heterocycles. The minimum Gasteiger partial charge on any atom is -0.790 e. The number of likely N-dealkylation sites (N-methyl/N-ethyl adjacent to an activating group) is 1. The van der Waals surface area contributed by atoms with Gasteiger partial charge in [0.05, 0.1) is 14.4 Å². The van der Waals surface area contributed by atoms with Crippen LogP contribution in [0.15, 0.2) is 0 Å². The summed E-state index contributed by atoms with van der Waals surface area (Å²) >= 11 is 0. The zero-order chi connectivity index (χ0) is 21.4. The Morgan fingerprint density at radius 3 is 2.10 bits per heavy atom. The van der Waals surface area contributed by atoms with Crippen LogP contribution >= 0.6 is 15.6 Å². The third-order valence-corrected chi connectivity index (χ3v) is 6.36. The largest absolute Gasteiger partial charge is 1.00 e. The maximum Gasteiger partial charge on any atom is 1.00 e. The molecule has 0 aromatic carbocycles. The monoisotopic (exact) mass is 520 g/mol. The number of rotatable bonds is 7. The molecule has 0 saturated carbocycles. The molecule has 20 heteroatoms. The second kappa shape index (κ2) is 14.6. The number of phosphoric acid groups is 2. The molecule has 15 nitrogen and oxygen atoms in total. The van der Waals surface area contributed by atoms with Gasteiger partial charge in [-0.15, -0.1) is 0 Å². The van der Waals surface area contributed by atoms with Crippen LogP contribution in [0.4, 0.5) is 0 Å². The van der Waals surface area contributed by atoms with Gasteiger partial charge in [0.15, 0.2) is 6.35 Å². The molecule has 0 amide bonds. The van der Waals surface area contributed by atoms with Gasteiger partial charge in [0.2, 0.25) is 0 Å². The van der Waals surface area contributed by atoms with Crippen LogP contribution in [-0.2, 0) is 27.4 Å². The van der Waals surface area contributed by atoms with Crippen molar-refractivity contribution in [3.63, 3.8) is 0 Å². The first-order valence-corrected chi connectivity index (χ1v) is 10.8. The predicted molar refractivity (Wildman–Crippen MR) is 80.2 cm³/mol. The van der Waals surface area contributed by atoms with Crippen molar-refractivity contribution < 1.29 is 151 Å². The average Bonchev–Trinajstić information content (AvgIpc) is 2.83. The molecule has 2 fully saturated rings. The van der Waals surface area contributed by atoms with Gasteiger partial charge in [-0.2, -0.15) is 0 Å². The smallest absolute Gasteiger partial charge is 0.790 e. The summed E-state index contributed by atoms with van der Waals surface area (Å²) in [5.74, 6) is 0. The van der Waals surface area contributed by atoms with Crippen LogP contribution in [0.2, 0.25) is 0 Å². The topological polar surface area (TPSA) is 228 Å². The summed E-state index contributed by atoms with van der Waals surface area (Å²) in [5.41, 5.74) is 0. The van der Waals surface area contributed by atoms with E-state index in [0.29, 0.717) is 0 Å². The van der Waals surface area contributed by atoms with E-state index in [-0.39, 0.29) is 95.2 Å². The van der Waals surface area contributed by atoms with E-state index >= 15 is 0 Å². The Hall–Kier alpha value is 2.94. The first-order valence-electron chi connectivity index (χ1n) is 7.84. The standard InChI is InChI=1S/C11H24N2O13P2.3Na/c1-12-3-5(23-2)9(16)13(11(12)17)10-8(15)7(14)6(25-10)4-24-28(21,22)26-27(18,19)20;;;/h5-11,14-17H,3-4H2,1-2H3,(H,21,22)(H2,18,19,20);;;/q;3*+1/p-3. The minimum absolute atomic E-state index is 0. The van der Waals surface area contributed by atoms with E-state index in [9.17, 15) is 44.2 Å². The molecule has 0 aliphatic carbocycles. The zero-order valence-electron chi connectivity index (χ0n) is 17.7. The summed E-state index contributed by atoms with van der Waals surface area (Å²) in [6.45, 7) is -0.881. The van der Waals surface area contributed by atoms with Crippen LogP contribution in [0, 0.1) is 0 Å². The minimum atomic E-state index is -5.89. The number of aliphatic hydroxyl groups excluding tert-OH is 4. The number of methoxy groups -OCH3 is 1. The van der Waals surface area contributed by atoms with E-state index < -0.39 is 65.5 Å². The van der Waals surface area contributed by atoms with Crippen LogP contribution in [0.3, 0.4) is 0 Å². The Morgan fingerprint density at radius 1 is 1.06 bits per heavy atom. The molecule has 8 atom stereocenters. The van der Waals surface area contributed by atoms with E-state index in [0.717, 1.165) is 4.90 Å². The van der Waals surface area contributed by atoms with E-state index in [1.54, 1.807) is 0 Å². The fraction of sp³-hybridized carbons (Fsp3) is 1.00. The molecule has 31 heavy (non-hydrogen) atoms. The van der Waals surface area contributed by atoms with E-state index in [1.807, 2.05) is 0 Å². The van der Waals surface area contributed by atoms with Crippen LogP contribution in [0.5, 0.6) is 0 Å². The van der Waals surface area contributed by atoms with Gasteiger partial charge in [-0.05, 0) is 7.05 Å². The fourth-order valence-electron chi connectivity index (χ4n) is 2.93. The molecule has 0 aromatic rings. The molecule has 2 aliphatic heterocycles. The van der Waals surface area contributed by atoms with Gasteiger partial charge in [0, 0.05) is 13.7 Å². The van der Waals surface area contributed by atoms with Crippen molar-refractivity contribution in [1.82, 2.24) is 9.80 Å². The molecule has 4 N–H and O–H groups in total. The number of nitrogens with zero attached hydrogens (tertiary/aromatic N) is 2.